The number of aromatic nitrogens is 1. The molecule has 0 fully saturated rings. The third-order valence-electron chi connectivity index (χ3n) is 1.02. The zero-order chi connectivity index (χ0) is 7.40. The van der Waals surface area contributed by atoms with Crippen molar-refractivity contribution in [3.63, 3.8) is 0 Å². The lowest BCUT2D eigenvalue weighted by atomic mass is 10.6. The van der Waals surface area contributed by atoms with E-state index in [1.54, 1.807) is 6.20 Å². The van der Waals surface area contributed by atoms with Gasteiger partial charge in [-0.25, -0.2) is 4.98 Å². The smallest absolute Gasteiger partial charge is 0.180 e. The molecule has 0 bridgehead atoms. The van der Waals surface area contributed by atoms with Crippen LogP contribution in [0.1, 0.15) is 11.8 Å². The molecule has 2 N–H and O–H groups in total. The standard InChI is InChI=1S/C6H10N2OS/c1-2-9-4-5-3-8-6(7)10-5/h3H,2,4H2,1H3,(H2,7,8). The van der Waals surface area contributed by atoms with Crippen molar-refractivity contribution < 1.29 is 4.74 Å². The van der Waals surface area contributed by atoms with Crippen LogP contribution in [0.3, 0.4) is 0 Å². The van der Waals surface area contributed by atoms with E-state index in [0.717, 1.165) is 11.5 Å². The molecule has 1 heterocycles. The highest BCUT2D eigenvalue weighted by atomic mass is 32.1. The van der Waals surface area contributed by atoms with E-state index in [9.17, 15) is 0 Å². The van der Waals surface area contributed by atoms with Crippen molar-refractivity contribution in [2.24, 2.45) is 0 Å². The van der Waals surface area contributed by atoms with Crippen LogP contribution in [0.4, 0.5) is 5.13 Å². The fourth-order valence-electron chi connectivity index (χ4n) is 0.592. The van der Waals surface area contributed by atoms with Crippen molar-refractivity contribution in [2.75, 3.05) is 12.3 Å². The molecule has 0 atom stereocenters. The van der Waals surface area contributed by atoms with E-state index < -0.39 is 0 Å². The number of hydrogen-bond acceptors (Lipinski definition) is 4. The largest absolute Gasteiger partial charge is 0.376 e. The first-order valence-electron chi connectivity index (χ1n) is 3.11. The minimum absolute atomic E-state index is 0.606. The number of rotatable bonds is 3. The normalized spacial score (nSPS) is 10.1. The number of nitrogens with zero attached hydrogens (tertiary/aromatic N) is 1. The first-order valence-corrected chi connectivity index (χ1v) is 3.92. The second-order valence-corrected chi connectivity index (χ2v) is 2.95. The van der Waals surface area contributed by atoms with Crippen LogP contribution in [0.25, 0.3) is 0 Å². The average Bonchev–Trinajstić information content (AvgIpc) is 2.31. The molecule has 1 aromatic heterocycles. The molecule has 0 saturated heterocycles. The highest BCUT2D eigenvalue weighted by Crippen LogP contribution is 2.14. The van der Waals surface area contributed by atoms with Gasteiger partial charge in [0.2, 0.25) is 0 Å². The summed E-state index contributed by atoms with van der Waals surface area (Å²) in [6.07, 6.45) is 1.75. The average molecular weight is 158 g/mol. The first kappa shape index (κ1) is 7.50. The lowest BCUT2D eigenvalue weighted by Crippen LogP contribution is -1.87. The van der Waals surface area contributed by atoms with Gasteiger partial charge in [0.1, 0.15) is 0 Å². The van der Waals surface area contributed by atoms with E-state index in [0.29, 0.717) is 11.7 Å². The van der Waals surface area contributed by atoms with Crippen LogP contribution in [-0.4, -0.2) is 11.6 Å². The molecule has 3 nitrogen and oxygen atoms in total. The Hall–Kier alpha value is -0.610. The van der Waals surface area contributed by atoms with Gasteiger partial charge in [-0.3, -0.25) is 0 Å². The number of anilines is 1. The molecule has 4 heteroatoms. The van der Waals surface area contributed by atoms with Gasteiger partial charge >= 0.3 is 0 Å². The van der Waals surface area contributed by atoms with Gasteiger partial charge < -0.3 is 10.5 Å². The highest BCUT2D eigenvalue weighted by Gasteiger charge is 1.96. The van der Waals surface area contributed by atoms with E-state index in [2.05, 4.69) is 4.98 Å². The van der Waals surface area contributed by atoms with Crippen molar-refractivity contribution in [1.29, 1.82) is 0 Å². The maximum atomic E-state index is 5.40. The van der Waals surface area contributed by atoms with Crippen molar-refractivity contribution >= 4 is 16.5 Å². The summed E-state index contributed by atoms with van der Waals surface area (Å²) in [4.78, 5) is 4.97. The third kappa shape index (κ3) is 1.97. The van der Waals surface area contributed by atoms with Gasteiger partial charge in [0.15, 0.2) is 5.13 Å². The zero-order valence-corrected chi connectivity index (χ0v) is 6.65. The SMILES string of the molecule is CCOCc1cnc(N)s1. The third-order valence-corrected chi connectivity index (χ3v) is 1.82. The molecule has 0 saturated carbocycles. The molecule has 0 radical (unpaired) electrons. The summed E-state index contributed by atoms with van der Waals surface area (Å²) in [5, 5.41) is 0.606. The topological polar surface area (TPSA) is 48.1 Å². The molecule has 0 aliphatic carbocycles. The van der Waals surface area contributed by atoms with Crippen molar-refractivity contribution in [2.45, 2.75) is 13.5 Å². The molecule has 56 valence electrons. The Kier molecular flexibility index (Phi) is 2.65. The van der Waals surface area contributed by atoms with Crippen LogP contribution in [0.5, 0.6) is 0 Å². The first-order chi connectivity index (χ1) is 4.83. The fraction of sp³-hybridized carbons (Fsp3) is 0.500. The Labute approximate surface area is 63.8 Å². The summed E-state index contributed by atoms with van der Waals surface area (Å²) in [6.45, 7) is 3.33. The molecule has 1 aromatic rings. The maximum Gasteiger partial charge on any atom is 0.180 e. The maximum absolute atomic E-state index is 5.40. The fourth-order valence-corrected chi connectivity index (χ4v) is 1.21. The number of thiazole rings is 1. The summed E-state index contributed by atoms with van der Waals surface area (Å²) in [5.74, 6) is 0. The Balaban J connectivity index is 2.42. The van der Waals surface area contributed by atoms with Crippen LogP contribution in [0, 0.1) is 0 Å². The number of hydrogen-bond donors (Lipinski definition) is 1. The summed E-state index contributed by atoms with van der Waals surface area (Å²) in [7, 11) is 0. The second-order valence-electron chi connectivity index (χ2n) is 1.80. The zero-order valence-electron chi connectivity index (χ0n) is 5.83. The quantitative estimate of drug-likeness (QED) is 0.720. The second kappa shape index (κ2) is 3.53. The molecule has 10 heavy (non-hydrogen) atoms. The number of nitrogen functional groups attached to an aromatic ring is 1. The molecule has 0 aliphatic heterocycles. The minimum atomic E-state index is 0.606. The molecule has 1 rings (SSSR count). The van der Waals surface area contributed by atoms with Gasteiger partial charge in [0.05, 0.1) is 11.5 Å². The highest BCUT2D eigenvalue weighted by molar-refractivity contribution is 7.15. The lowest BCUT2D eigenvalue weighted by molar-refractivity contribution is 0.136. The summed E-state index contributed by atoms with van der Waals surface area (Å²) >= 11 is 1.47. The molecule has 0 aromatic carbocycles. The molecular weight excluding hydrogens is 148 g/mol. The van der Waals surface area contributed by atoms with Gasteiger partial charge in [-0.05, 0) is 6.92 Å². The summed E-state index contributed by atoms with van der Waals surface area (Å²) < 4.78 is 5.15. The Morgan fingerprint density at radius 3 is 3.10 bits per heavy atom. The summed E-state index contributed by atoms with van der Waals surface area (Å²) in [6, 6.07) is 0. The van der Waals surface area contributed by atoms with Gasteiger partial charge in [0, 0.05) is 12.8 Å². The van der Waals surface area contributed by atoms with Gasteiger partial charge in [-0.15, -0.1) is 0 Å². The van der Waals surface area contributed by atoms with Crippen LogP contribution >= 0.6 is 11.3 Å². The van der Waals surface area contributed by atoms with Crippen LogP contribution < -0.4 is 5.73 Å². The molecule has 0 amide bonds. The molecule has 0 unspecified atom stereocenters. The van der Waals surface area contributed by atoms with E-state index >= 15 is 0 Å². The van der Waals surface area contributed by atoms with Crippen LogP contribution in [0.2, 0.25) is 0 Å². The van der Waals surface area contributed by atoms with E-state index in [-0.39, 0.29) is 0 Å². The Morgan fingerprint density at radius 1 is 1.80 bits per heavy atom. The number of nitrogens with two attached hydrogens (primary N) is 1. The summed E-state index contributed by atoms with van der Waals surface area (Å²) in [5.41, 5.74) is 5.40. The Bertz CT molecular complexity index is 199. The predicted molar refractivity (Wildman–Crippen MR) is 41.9 cm³/mol. The van der Waals surface area contributed by atoms with Crippen LogP contribution in [-0.2, 0) is 11.3 Å². The van der Waals surface area contributed by atoms with Gasteiger partial charge in [-0.1, -0.05) is 11.3 Å². The molecular formula is C6H10N2OS. The van der Waals surface area contributed by atoms with Crippen LogP contribution in [0.15, 0.2) is 6.20 Å². The monoisotopic (exact) mass is 158 g/mol. The minimum Gasteiger partial charge on any atom is -0.376 e. The number of ether oxygens (including phenoxy) is 1. The van der Waals surface area contributed by atoms with Crippen molar-refractivity contribution in [1.82, 2.24) is 4.98 Å². The molecule has 0 aliphatic rings. The van der Waals surface area contributed by atoms with E-state index in [4.69, 9.17) is 10.5 Å². The van der Waals surface area contributed by atoms with E-state index in [1.807, 2.05) is 6.92 Å². The molecule has 0 spiro atoms. The van der Waals surface area contributed by atoms with Gasteiger partial charge in [-0.2, -0.15) is 0 Å². The lowest BCUT2D eigenvalue weighted by Gasteiger charge is -1.93. The van der Waals surface area contributed by atoms with Crippen molar-refractivity contribution in [3.05, 3.63) is 11.1 Å². The predicted octanol–water partition coefficient (Wildman–Crippen LogP) is 1.26. The Morgan fingerprint density at radius 2 is 2.60 bits per heavy atom. The van der Waals surface area contributed by atoms with E-state index in [1.165, 1.54) is 11.3 Å². The van der Waals surface area contributed by atoms with Gasteiger partial charge in [0.25, 0.3) is 0 Å². The van der Waals surface area contributed by atoms with Crippen molar-refractivity contribution in [3.8, 4) is 0 Å².